The van der Waals surface area contributed by atoms with E-state index in [0.29, 0.717) is 11.6 Å². The third kappa shape index (κ3) is 2.79. The molecule has 0 spiro atoms. The van der Waals surface area contributed by atoms with Crippen molar-refractivity contribution in [3.8, 4) is 5.88 Å². The molecule has 0 fully saturated rings. The molecule has 0 aliphatic heterocycles. The van der Waals surface area contributed by atoms with Gasteiger partial charge in [0.25, 0.3) is 0 Å². The van der Waals surface area contributed by atoms with Gasteiger partial charge in [0.1, 0.15) is 5.41 Å². The number of amides is 1. The summed E-state index contributed by atoms with van der Waals surface area (Å²) in [6.45, 7) is 2.86. The summed E-state index contributed by atoms with van der Waals surface area (Å²) in [5, 5.41) is 15.5. The molecule has 0 unspecified atom stereocenters. The number of carboxylic acids is 1. The van der Waals surface area contributed by atoms with E-state index in [1.54, 1.807) is 13.1 Å². The summed E-state index contributed by atoms with van der Waals surface area (Å²) in [4.78, 5) is 22.6. The molecule has 0 saturated carbocycles. The Bertz CT molecular complexity index is 465. The number of aliphatic carboxylic acids is 1. The number of carbonyl (C=O) groups excluding carboxylic acids is 1. The summed E-state index contributed by atoms with van der Waals surface area (Å²) in [6.07, 6.45) is 0. The summed E-state index contributed by atoms with van der Waals surface area (Å²) in [7, 11) is 3.23. The van der Waals surface area contributed by atoms with Crippen molar-refractivity contribution in [2.45, 2.75) is 20.4 Å². The second kappa shape index (κ2) is 5.07. The lowest BCUT2D eigenvalue weighted by molar-refractivity contribution is -0.153. The number of carbonyl (C=O) groups is 2. The maximum atomic E-state index is 11.7. The minimum Gasteiger partial charge on any atom is -0.481 e. The molecule has 18 heavy (non-hydrogen) atoms. The number of nitrogens with one attached hydrogen (secondary N) is 1. The van der Waals surface area contributed by atoms with Crippen molar-refractivity contribution < 1.29 is 19.4 Å². The molecule has 0 aromatic carbocycles. The van der Waals surface area contributed by atoms with Gasteiger partial charge in [-0.05, 0) is 13.8 Å². The smallest absolute Gasteiger partial charge is 0.318 e. The van der Waals surface area contributed by atoms with E-state index in [-0.39, 0.29) is 6.54 Å². The fraction of sp³-hybridized carbons (Fsp3) is 0.545. The minimum absolute atomic E-state index is 0.159. The van der Waals surface area contributed by atoms with Crippen molar-refractivity contribution in [1.82, 2.24) is 15.1 Å². The van der Waals surface area contributed by atoms with E-state index in [4.69, 9.17) is 9.84 Å². The highest BCUT2D eigenvalue weighted by Crippen LogP contribution is 2.16. The molecule has 0 saturated heterocycles. The Labute approximate surface area is 105 Å². The van der Waals surface area contributed by atoms with Crippen LogP contribution in [-0.2, 0) is 23.2 Å². The van der Waals surface area contributed by atoms with Gasteiger partial charge < -0.3 is 15.2 Å². The number of hydrogen-bond acceptors (Lipinski definition) is 4. The predicted octanol–water partition coefficient (Wildman–Crippen LogP) is 0.156. The molecule has 0 aliphatic rings. The summed E-state index contributed by atoms with van der Waals surface area (Å²) in [5.41, 5.74) is -0.859. The molecule has 7 nitrogen and oxygen atoms in total. The second-order valence-corrected chi connectivity index (χ2v) is 4.41. The van der Waals surface area contributed by atoms with Crippen molar-refractivity contribution in [1.29, 1.82) is 0 Å². The van der Waals surface area contributed by atoms with E-state index in [2.05, 4.69) is 10.4 Å². The number of carboxylic acid groups (broad SMARTS) is 1. The van der Waals surface area contributed by atoms with Crippen LogP contribution in [0.4, 0.5) is 0 Å². The third-order valence-corrected chi connectivity index (χ3v) is 2.63. The average molecular weight is 255 g/mol. The first-order chi connectivity index (χ1) is 8.28. The Hall–Kier alpha value is -2.05. The quantitative estimate of drug-likeness (QED) is 0.731. The van der Waals surface area contributed by atoms with Crippen LogP contribution in [0.15, 0.2) is 6.07 Å². The van der Waals surface area contributed by atoms with Crippen molar-refractivity contribution in [2.75, 3.05) is 7.11 Å². The van der Waals surface area contributed by atoms with Crippen LogP contribution in [-0.4, -0.2) is 33.9 Å². The van der Waals surface area contributed by atoms with Gasteiger partial charge in [-0.3, -0.25) is 9.59 Å². The van der Waals surface area contributed by atoms with Crippen molar-refractivity contribution >= 4 is 11.9 Å². The van der Waals surface area contributed by atoms with Crippen LogP contribution in [0, 0.1) is 5.41 Å². The summed E-state index contributed by atoms with van der Waals surface area (Å²) in [5.74, 6) is -1.16. The number of ether oxygens (including phenoxy) is 1. The zero-order valence-corrected chi connectivity index (χ0v) is 10.9. The molecule has 1 rings (SSSR count). The van der Waals surface area contributed by atoms with Crippen LogP contribution in [0.1, 0.15) is 19.5 Å². The van der Waals surface area contributed by atoms with Crippen LogP contribution in [0.2, 0.25) is 0 Å². The van der Waals surface area contributed by atoms with Crippen LogP contribution >= 0.6 is 0 Å². The molecule has 0 atom stereocenters. The van der Waals surface area contributed by atoms with E-state index in [9.17, 15) is 9.59 Å². The Morgan fingerprint density at radius 3 is 2.61 bits per heavy atom. The van der Waals surface area contributed by atoms with Gasteiger partial charge in [0.05, 0.1) is 19.3 Å². The molecule has 1 heterocycles. The first kappa shape index (κ1) is 14.0. The second-order valence-electron chi connectivity index (χ2n) is 4.41. The number of rotatable bonds is 5. The van der Waals surface area contributed by atoms with Crippen LogP contribution in [0.5, 0.6) is 5.88 Å². The van der Waals surface area contributed by atoms with E-state index in [1.165, 1.54) is 25.6 Å². The van der Waals surface area contributed by atoms with Gasteiger partial charge in [0.2, 0.25) is 11.8 Å². The zero-order valence-electron chi connectivity index (χ0n) is 10.9. The number of hydrogen-bond donors (Lipinski definition) is 2. The number of aromatic nitrogens is 2. The lowest BCUT2D eigenvalue weighted by atomic mass is 9.93. The Morgan fingerprint density at radius 1 is 1.56 bits per heavy atom. The average Bonchev–Trinajstić information content (AvgIpc) is 2.66. The van der Waals surface area contributed by atoms with Gasteiger partial charge in [0, 0.05) is 13.1 Å². The maximum Gasteiger partial charge on any atom is 0.318 e. The largest absolute Gasteiger partial charge is 0.481 e. The fourth-order valence-corrected chi connectivity index (χ4v) is 1.27. The molecule has 7 heteroatoms. The van der Waals surface area contributed by atoms with E-state index in [1.807, 2.05) is 0 Å². The molecule has 100 valence electrons. The first-order valence-electron chi connectivity index (χ1n) is 5.37. The minimum atomic E-state index is -1.46. The number of methoxy groups -OCH3 is 1. The summed E-state index contributed by atoms with van der Waals surface area (Å²) >= 11 is 0. The predicted molar refractivity (Wildman–Crippen MR) is 63.0 cm³/mol. The highest BCUT2D eigenvalue weighted by Gasteiger charge is 2.35. The molecule has 0 aliphatic carbocycles. The first-order valence-corrected chi connectivity index (χ1v) is 5.37. The van der Waals surface area contributed by atoms with E-state index >= 15 is 0 Å². The normalized spacial score (nSPS) is 11.1. The fourth-order valence-electron chi connectivity index (χ4n) is 1.27. The molecular formula is C11H17N3O4. The molecule has 2 N–H and O–H groups in total. The van der Waals surface area contributed by atoms with Crippen molar-refractivity contribution in [2.24, 2.45) is 12.5 Å². The number of nitrogens with zero attached hydrogens (tertiary/aromatic N) is 2. The van der Waals surface area contributed by atoms with Gasteiger partial charge in [-0.15, -0.1) is 0 Å². The monoisotopic (exact) mass is 255 g/mol. The molecule has 0 radical (unpaired) electrons. The Balaban J connectivity index is 2.65. The van der Waals surface area contributed by atoms with Crippen LogP contribution in [0.3, 0.4) is 0 Å². The highest BCUT2D eigenvalue weighted by atomic mass is 16.5. The van der Waals surface area contributed by atoms with Crippen LogP contribution in [0.25, 0.3) is 0 Å². The molecule has 0 bridgehead atoms. The lowest BCUT2D eigenvalue weighted by Gasteiger charge is -2.17. The SMILES string of the molecule is COc1cc(CNC(=O)C(C)(C)C(=O)O)nn1C. The van der Waals surface area contributed by atoms with Gasteiger partial charge in [-0.25, -0.2) is 4.68 Å². The topological polar surface area (TPSA) is 93.4 Å². The van der Waals surface area contributed by atoms with Gasteiger partial charge in [-0.1, -0.05) is 0 Å². The van der Waals surface area contributed by atoms with Crippen molar-refractivity contribution in [3.63, 3.8) is 0 Å². The van der Waals surface area contributed by atoms with E-state index in [0.717, 1.165) is 0 Å². The van der Waals surface area contributed by atoms with Gasteiger partial charge in [-0.2, -0.15) is 5.10 Å². The Morgan fingerprint density at radius 2 is 2.17 bits per heavy atom. The standard InChI is InChI=1S/C11H17N3O4/c1-11(2,10(16)17)9(15)12-6-7-5-8(18-4)14(3)13-7/h5H,6H2,1-4H3,(H,12,15)(H,16,17). The van der Waals surface area contributed by atoms with Gasteiger partial charge in [0.15, 0.2) is 0 Å². The molecular weight excluding hydrogens is 238 g/mol. The van der Waals surface area contributed by atoms with Crippen LogP contribution < -0.4 is 10.1 Å². The highest BCUT2D eigenvalue weighted by molar-refractivity contribution is 6.00. The molecule has 1 aromatic heterocycles. The lowest BCUT2D eigenvalue weighted by Crippen LogP contribution is -2.42. The van der Waals surface area contributed by atoms with Gasteiger partial charge >= 0.3 is 5.97 Å². The van der Waals surface area contributed by atoms with E-state index < -0.39 is 17.3 Å². The number of aryl methyl sites for hydroxylation is 1. The summed E-state index contributed by atoms with van der Waals surface area (Å²) < 4.78 is 6.56. The third-order valence-electron chi connectivity index (χ3n) is 2.63. The zero-order chi connectivity index (χ0) is 13.9. The summed E-state index contributed by atoms with van der Waals surface area (Å²) in [6, 6.07) is 1.67. The molecule has 1 amide bonds. The molecule has 1 aromatic rings. The van der Waals surface area contributed by atoms with Crippen molar-refractivity contribution in [3.05, 3.63) is 11.8 Å². The Kier molecular flexibility index (Phi) is 3.95. The maximum absolute atomic E-state index is 11.7.